The summed E-state index contributed by atoms with van der Waals surface area (Å²) < 4.78 is 1.71. The number of amides is 1. The van der Waals surface area contributed by atoms with E-state index >= 15 is 0 Å². The van der Waals surface area contributed by atoms with E-state index in [9.17, 15) is 4.79 Å². The van der Waals surface area contributed by atoms with Crippen molar-refractivity contribution >= 4 is 17.5 Å². The zero-order valence-corrected chi connectivity index (χ0v) is 11.9. The molecule has 4 nitrogen and oxygen atoms in total. The Morgan fingerprint density at radius 1 is 1.47 bits per heavy atom. The van der Waals surface area contributed by atoms with Gasteiger partial charge in [-0.1, -0.05) is 17.7 Å². The zero-order chi connectivity index (χ0) is 14.0. The zero-order valence-electron chi connectivity index (χ0n) is 11.1. The molecule has 1 amide bonds. The fourth-order valence-corrected chi connectivity index (χ4v) is 2.05. The number of rotatable bonds is 3. The number of carbonyl (C=O) groups excluding carboxylic acids is 1. The maximum Gasteiger partial charge on any atom is 0.252 e. The third-order valence-electron chi connectivity index (χ3n) is 3.08. The SMILES string of the molecule is Cc1c(Cl)cccc1C(=O)NC(C)c1cnn(C)c1. The minimum atomic E-state index is -0.128. The lowest BCUT2D eigenvalue weighted by Crippen LogP contribution is -2.27. The number of hydrogen-bond acceptors (Lipinski definition) is 2. The van der Waals surface area contributed by atoms with Gasteiger partial charge in [-0.3, -0.25) is 9.48 Å². The van der Waals surface area contributed by atoms with Crippen molar-refractivity contribution in [3.8, 4) is 0 Å². The number of nitrogens with one attached hydrogen (secondary N) is 1. The second-order valence-corrected chi connectivity index (χ2v) is 4.96. The number of aryl methyl sites for hydroxylation is 1. The minimum absolute atomic E-state index is 0.0976. The molecular formula is C14H16ClN3O. The topological polar surface area (TPSA) is 46.9 Å². The molecule has 5 heteroatoms. The lowest BCUT2D eigenvalue weighted by molar-refractivity contribution is 0.0939. The maximum atomic E-state index is 12.2. The number of aromatic nitrogens is 2. The van der Waals surface area contributed by atoms with Crippen LogP contribution >= 0.6 is 11.6 Å². The fourth-order valence-electron chi connectivity index (χ4n) is 1.87. The van der Waals surface area contributed by atoms with Crippen molar-refractivity contribution in [2.24, 2.45) is 7.05 Å². The third kappa shape index (κ3) is 2.96. The maximum absolute atomic E-state index is 12.2. The van der Waals surface area contributed by atoms with E-state index < -0.39 is 0 Å². The van der Waals surface area contributed by atoms with Gasteiger partial charge in [0.25, 0.3) is 5.91 Å². The molecule has 0 radical (unpaired) electrons. The first-order chi connectivity index (χ1) is 8.99. The highest BCUT2D eigenvalue weighted by Crippen LogP contribution is 2.19. The normalized spacial score (nSPS) is 12.2. The molecule has 1 aromatic carbocycles. The van der Waals surface area contributed by atoms with Gasteiger partial charge in [-0.05, 0) is 31.5 Å². The third-order valence-corrected chi connectivity index (χ3v) is 3.49. The van der Waals surface area contributed by atoms with E-state index in [4.69, 9.17) is 11.6 Å². The van der Waals surface area contributed by atoms with Crippen LogP contribution in [0.15, 0.2) is 30.6 Å². The van der Waals surface area contributed by atoms with Crippen molar-refractivity contribution in [1.82, 2.24) is 15.1 Å². The van der Waals surface area contributed by atoms with Crippen molar-refractivity contribution in [1.29, 1.82) is 0 Å². The summed E-state index contributed by atoms with van der Waals surface area (Å²) in [7, 11) is 1.85. The van der Waals surface area contributed by atoms with Crippen LogP contribution in [-0.4, -0.2) is 15.7 Å². The Kier molecular flexibility index (Phi) is 3.90. The molecule has 1 N–H and O–H groups in total. The van der Waals surface area contributed by atoms with E-state index in [0.29, 0.717) is 10.6 Å². The summed E-state index contributed by atoms with van der Waals surface area (Å²) in [5, 5.41) is 7.64. The van der Waals surface area contributed by atoms with E-state index in [1.807, 2.05) is 27.1 Å². The van der Waals surface area contributed by atoms with Crippen LogP contribution < -0.4 is 5.32 Å². The van der Waals surface area contributed by atoms with Crippen LogP contribution in [-0.2, 0) is 7.05 Å². The van der Waals surface area contributed by atoms with Crippen molar-refractivity contribution in [3.63, 3.8) is 0 Å². The molecule has 0 bridgehead atoms. The molecular weight excluding hydrogens is 262 g/mol. The number of halogens is 1. The summed E-state index contributed by atoms with van der Waals surface area (Å²) in [6, 6.07) is 5.23. The van der Waals surface area contributed by atoms with Crippen molar-refractivity contribution in [3.05, 3.63) is 52.3 Å². The number of nitrogens with zero attached hydrogens (tertiary/aromatic N) is 2. The van der Waals surface area contributed by atoms with Gasteiger partial charge >= 0.3 is 0 Å². The molecule has 0 spiro atoms. The van der Waals surface area contributed by atoms with Gasteiger partial charge in [0.1, 0.15) is 0 Å². The fraction of sp³-hybridized carbons (Fsp3) is 0.286. The van der Waals surface area contributed by atoms with Crippen LogP contribution in [0.3, 0.4) is 0 Å². The molecule has 0 saturated heterocycles. The van der Waals surface area contributed by atoms with Crippen LogP contribution in [0, 0.1) is 6.92 Å². The summed E-state index contributed by atoms with van der Waals surface area (Å²) in [4.78, 5) is 12.2. The molecule has 1 heterocycles. The smallest absolute Gasteiger partial charge is 0.252 e. The van der Waals surface area contributed by atoms with Gasteiger partial charge in [-0.2, -0.15) is 5.10 Å². The molecule has 100 valence electrons. The van der Waals surface area contributed by atoms with E-state index in [1.54, 1.807) is 29.1 Å². The van der Waals surface area contributed by atoms with E-state index in [0.717, 1.165) is 11.1 Å². The van der Waals surface area contributed by atoms with Crippen LogP contribution in [0.4, 0.5) is 0 Å². The van der Waals surface area contributed by atoms with Crippen LogP contribution in [0.25, 0.3) is 0 Å². The average molecular weight is 278 g/mol. The van der Waals surface area contributed by atoms with Gasteiger partial charge in [0.15, 0.2) is 0 Å². The average Bonchev–Trinajstić information content (AvgIpc) is 2.79. The molecule has 0 aliphatic rings. The molecule has 0 aliphatic carbocycles. The minimum Gasteiger partial charge on any atom is -0.345 e. The highest BCUT2D eigenvalue weighted by Gasteiger charge is 2.15. The second-order valence-electron chi connectivity index (χ2n) is 4.55. The number of carbonyl (C=O) groups is 1. The Bertz CT molecular complexity index is 606. The largest absolute Gasteiger partial charge is 0.345 e. The van der Waals surface area contributed by atoms with Crippen LogP contribution in [0.2, 0.25) is 5.02 Å². The Morgan fingerprint density at radius 3 is 2.84 bits per heavy atom. The highest BCUT2D eigenvalue weighted by atomic mass is 35.5. The van der Waals surface area contributed by atoms with Gasteiger partial charge in [0.2, 0.25) is 0 Å². The Balaban J connectivity index is 2.15. The summed E-state index contributed by atoms with van der Waals surface area (Å²) in [6.07, 6.45) is 3.63. The standard InChI is InChI=1S/C14H16ClN3O/c1-9-12(5-4-6-13(9)15)14(19)17-10(2)11-7-16-18(3)8-11/h4-8,10H,1-3H3,(H,17,19). The summed E-state index contributed by atoms with van der Waals surface area (Å²) in [6.45, 7) is 3.76. The lowest BCUT2D eigenvalue weighted by atomic mass is 10.1. The molecule has 0 aliphatic heterocycles. The van der Waals surface area contributed by atoms with E-state index in [2.05, 4.69) is 10.4 Å². The van der Waals surface area contributed by atoms with Gasteiger partial charge in [0.05, 0.1) is 12.2 Å². The molecule has 1 unspecified atom stereocenters. The summed E-state index contributed by atoms with van der Waals surface area (Å²) in [5.74, 6) is -0.128. The van der Waals surface area contributed by atoms with E-state index in [-0.39, 0.29) is 11.9 Å². The first kappa shape index (κ1) is 13.6. The van der Waals surface area contributed by atoms with E-state index in [1.165, 1.54) is 0 Å². The summed E-state index contributed by atoms with van der Waals surface area (Å²) in [5.41, 5.74) is 2.36. The molecule has 2 aromatic rings. The Morgan fingerprint density at radius 2 is 2.21 bits per heavy atom. The number of benzene rings is 1. The molecule has 1 atom stereocenters. The van der Waals surface area contributed by atoms with Gasteiger partial charge in [-0.15, -0.1) is 0 Å². The Labute approximate surface area is 117 Å². The van der Waals surface area contributed by atoms with Crippen molar-refractivity contribution < 1.29 is 4.79 Å². The molecule has 0 fully saturated rings. The monoisotopic (exact) mass is 277 g/mol. The molecule has 0 saturated carbocycles. The Hall–Kier alpha value is -1.81. The van der Waals surface area contributed by atoms with Gasteiger partial charge in [0, 0.05) is 29.4 Å². The lowest BCUT2D eigenvalue weighted by Gasteiger charge is -2.13. The predicted octanol–water partition coefficient (Wildman–Crippen LogP) is 2.87. The van der Waals surface area contributed by atoms with Crippen LogP contribution in [0.1, 0.15) is 34.5 Å². The number of hydrogen-bond donors (Lipinski definition) is 1. The van der Waals surface area contributed by atoms with Gasteiger partial charge in [-0.25, -0.2) is 0 Å². The quantitative estimate of drug-likeness (QED) is 0.938. The first-order valence-corrected chi connectivity index (χ1v) is 6.41. The molecule has 2 rings (SSSR count). The molecule has 1 aromatic heterocycles. The highest BCUT2D eigenvalue weighted by molar-refractivity contribution is 6.31. The van der Waals surface area contributed by atoms with Crippen molar-refractivity contribution in [2.75, 3.05) is 0 Å². The second kappa shape index (κ2) is 5.45. The summed E-state index contributed by atoms with van der Waals surface area (Å²) >= 11 is 6.02. The molecule has 19 heavy (non-hydrogen) atoms. The van der Waals surface area contributed by atoms with Gasteiger partial charge < -0.3 is 5.32 Å². The first-order valence-electron chi connectivity index (χ1n) is 6.03. The van der Waals surface area contributed by atoms with Crippen LogP contribution in [0.5, 0.6) is 0 Å². The predicted molar refractivity (Wildman–Crippen MR) is 75.3 cm³/mol. The van der Waals surface area contributed by atoms with Crippen molar-refractivity contribution in [2.45, 2.75) is 19.9 Å².